The number of rotatable bonds is 4. The SMILES string of the molecule is COc1cccc(-n2nc(C(C)(C)C)cc2NC(=O)Nc2ccccc2F)c1. The van der Waals surface area contributed by atoms with Crippen LogP contribution >= 0.6 is 0 Å². The van der Waals surface area contributed by atoms with Crippen molar-refractivity contribution in [3.8, 4) is 11.4 Å². The molecule has 1 aromatic heterocycles. The number of para-hydroxylation sites is 1. The number of ether oxygens (including phenoxy) is 1. The minimum atomic E-state index is -0.561. The molecule has 3 rings (SSSR count). The van der Waals surface area contributed by atoms with Crippen LogP contribution in [-0.2, 0) is 5.41 Å². The van der Waals surface area contributed by atoms with Crippen LogP contribution in [0, 0.1) is 5.82 Å². The Balaban J connectivity index is 1.93. The summed E-state index contributed by atoms with van der Waals surface area (Å²) < 4.78 is 20.7. The molecule has 0 bridgehead atoms. The van der Waals surface area contributed by atoms with Crippen molar-refractivity contribution in [2.75, 3.05) is 17.7 Å². The fraction of sp³-hybridized carbons (Fsp3) is 0.238. The van der Waals surface area contributed by atoms with E-state index in [1.54, 1.807) is 30.0 Å². The number of benzene rings is 2. The van der Waals surface area contributed by atoms with E-state index in [9.17, 15) is 9.18 Å². The van der Waals surface area contributed by atoms with E-state index in [-0.39, 0.29) is 11.1 Å². The Bertz CT molecular complexity index is 992. The van der Waals surface area contributed by atoms with Crippen LogP contribution in [0.15, 0.2) is 54.6 Å². The highest BCUT2D eigenvalue weighted by Gasteiger charge is 2.22. The van der Waals surface area contributed by atoms with Gasteiger partial charge in [0.1, 0.15) is 17.4 Å². The summed E-state index contributed by atoms with van der Waals surface area (Å²) >= 11 is 0. The normalized spacial score (nSPS) is 11.2. The number of nitrogens with zero attached hydrogens (tertiary/aromatic N) is 2. The van der Waals surface area contributed by atoms with Crippen molar-refractivity contribution >= 4 is 17.5 Å². The predicted molar refractivity (Wildman–Crippen MR) is 108 cm³/mol. The number of carbonyl (C=O) groups excluding carboxylic acids is 1. The van der Waals surface area contributed by atoms with Crippen molar-refractivity contribution in [3.63, 3.8) is 0 Å². The maximum Gasteiger partial charge on any atom is 0.324 e. The summed E-state index contributed by atoms with van der Waals surface area (Å²) in [6.07, 6.45) is 0. The fourth-order valence-electron chi connectivity index (χ4n) is 2.61. The van der Waals surface area contributed by atoms with Gasteiger partial charge < -0.3 is 10.1 Å². The van der Waals surface area contributed by atoms with E-state index in [1.165, 1.54) is 12.1 Å². The highest BCUT2D eigenvalue weighted by atomic mass is 19.1. The zero-order chi connectivity index (χ0) is 20.3. The van der Waals surface area contributed by atoms with E-state index in [0.29, 0.717) is 11.6 Å². The molecule has 2 amide bonds. The van der Waals surface area contributed by atoms with Gasteiger partial charge in [-0.2, -0.15) is 5.10 Å². The van der Waals surface area contributed by atoms with Gasteiger partial charge in [-0.3, -0.25) is 5.32 Å². The van der Waals surface area contributed by atoms with Gasteiger partial charge in [-0.05, 0) is 24.3 Å². The summed E-state index contributed by atoms with van der Waals surface area (Å²) in [4.78, 5) is 12.4. The van der Waals surface area contributed by atoms with Crippen LogP contribution in [0.25, 0.3) is 5.69 Å². The average molecular weight is 382 g/mol. The Morgan fingerprint density at radius 2 is 1.82 bits per heavy atom. The number of methoxy groups -OCH3 is 1. The molecule has 0 atom stereocenters. The Kier molecular flexibility index (Phi) is 5.35. The maximum atomic E-state index is 13.8. The lowest BCUT2D eigenvalue weighted by Crippen LogP contribution is -2.21. The topological polar surface area (TPSA) is 68.2 Å². The molecule has 2 N–H and O–H groups in total. The van der Waals surface area contributed by atoms with Gasteiger partial charge in [-0.15, -0.1) is 0 Å². The van der Waals surface area contributed by atoms with Gasteiger partial charge in [0.15, 0.2) is 0 Å². The number of hydrogen-bond acceptors (Lipinski definition) is 3. The molecule has 1 heterocycles. The molecule has 146 valence electrons. The molecule has 0 aliphatic heterocycles. The van der Waals surface area contributed by atoms with E-state index < -0.39 is 11.8 Å². The molecular weight excluding hydrogens is 359 g/mol. The Hall–Kier alpha value is -3.35. The summed E-state index contributed by atoms with van der Waals surface area (Å²) in [6.45, 7) is 6.11. The summed E-state index contributed by atoms with van der Waals surface area (Å²) in [5.41, 5.74) is 1.42. The first-order valence-corrected chi connectivity index (χ1v) is 8.85. The van der Waals surface area contributed by atoms with Crippen molar-refractivity contribution in [2.24, 2.45) is 0 Å². The minimum absolute atomic E-state index is 0.100. The van der Waals surface area contributed by atoms with Crippen molar-refractivity contribution in [1.82, 2.24) is 9.78 Å². The summed E-state index contributed by atoms with van der Waals surface area (Å²) in [5, 5.41) is 9.92. The maximum absolute atomic E-state index is 13.8. The van der Waals surface area contributed by atoms with Crippen molar-refractivity contribution in [2.45, 2.75) is 26.2 Å². The second-order valence-corrected chi connectivity index (χ2v) is 7.34. The highest BCUT2D eigenvalue weighted by molar-refractivity contribution is 5.99. The third-order valence-electron chi connectivity index (χ3n) is 4.14. The third-order valence-corrected chi connectivity index (χ3v) is 4.14. The Labute approximate surface area is 163 Å². The van der Waals surface area contributed by atoms with Gasteiger partial charge in [0, 0.05) is 17.5 Å². The number of hydrogen-bond donors (Lipinski definition) is 2. The summed E-state index contributed by atoms with van der Waals surface area (Å²) in [6, 6.07) is 14.6. The first-order chi connectivity index (χ1) is 13.3. The number of aromatic nitrogens is 2. The first kappa shape index (κ1) is 19.4. The van der Waals surface area contributed by atoms with Gasteiger partial charge in [0.25, 0.3) is 0 Å². The van der Waals surface area contributed by atoms with E-state index >= 15 is 0 Å². The molecule has 0 saturated heterocycles. The second kappa shape index (κ2) is 7.72. The number of carbonyl (C=O) groups is 1. The molecule has 0 aliphatic rings. The standard InChI is InChI=1S/C21H23FN4O2/c1-21(2,3)18-13-19(24-20(27)23-17-11-6-5-10-16(17)22)26(25-18)14-8-7-9-15(12-14)28-4/h5-13H,1-4H3,(H2,23,24,27). The molecule has 0 unspecified atom stereocenters. The van der Waals surface area contributed by atoms with E-state index in [2.05, 4.69) is 15.7 Å². The van der Waals surface area contributed by atoms with Crippen LogP contribution < -0.4 is 15.4 Å². The average Bonchev–Trinajstić information content (AvgIpc) is 3.08. The minimum Gasteiger partial charge on any atom is -0.497 e. The van der Waals surface area contributed by atoms with Gasteiger partial charge >= 0.3 is 6.03 Å². The molecule has 0 spiro atoms. The predicted octanol–water partition coefficient (Wildman–Crippen LogP) is 4.96. The number of anilines is 2. The van der Waals surface area contributed by atoms with E-state index in [0.717, 1.165) is 11.4 Å². The molecule has 2 aromatic carbocycles. The zero-order valence-electron chi connectivity index (χ0n) is 16.3. The van der Waals surface area contributed by atoms with Crippen molar-refractivity contribution in [3.05, 3.63) is 66.1 Å². The van der Waals surface area contributed by atoms with Gasteiger partial charge in [-0.1, -0.05) is 39.0 Å². The van der Waals surface area contributed by atoms with Gasteiger partial charge in [0.05, 0.1) is 24.2 Å². The summed E-state index contributed by atoms with van der Waals surface area (Å²) in [7, 11) is 1.59. The molecular formula is C21H23FN4O2. The van der Waals surface area contributed by atoms with Gasteiger partial charge in [0.2, 0.25) is 0 Å². The van der Waals surface area contributed by atoms with Gasteiger partial charge in [-0.25, -0.2) is 13.9 Å². The quantitative estimate of drug-likeness (QED) is 0.670. The van der Waals surface area contributed by atoms with Crippen molar-refractivity contribution < 1.29 is 13.9 Å². The Morgan fingerprint density at radius 1 is 1.07 bits per heavy atom. The highest BCUT2D eigenvalue weighted by Crippen LogP contribution is 2.27. The van der Waals surface area contributed by atoms with Crippen LogP contribution in [0.4, 0.5) is 20.7 Å². The molecule has 0 saturated carbocycles. The number of halogens is 1. The fourth-order valence-corrected chi connectivity index (χ4v) is 2.61. The first-order valence-electron chi connectivity index (χ1n) is 8.85. The molecule has 28 heavy (non-hydrogen) atoms. The third kappa shape index (κ3) is 4.31. The molecule has 0 fully saturated rings. The number of amides is 2. The van der Waals surface area contributed by atoms with E-state index in [1.807, 2.05) is 45.0 Å². The van der Waals surface area contributed by atoms with Crippen LogP contribution in [-0.4, -0.2) is 22.9 Å². The molecule has 7 heteroatoms. The monoisotopic (exact) mass is 382 g/mol. The van der Waals surface area contributed by atoms with Crippen LogP contribution in [0.3, 0.4) is 0 Å². The van der Waals surface area contributed by atoms with Crippen molar-refractivity contribution in [1.29, 1.82) is 0 Å². The number of nitrogens with one attached hydrogen (secondary N) is 2. The number of urea groups is 1. The van der Waals surface area contributed by atoms with E-state index in [4.69, 9.17) is 4.74 Å². The zero-order valence-corrected chi connectivity index (χ0v) is 16.3. The lowest BCUT2D eigenvalue weighted by molar-refractivity contribution is 0.262. The largest absolute Gasteiger partial charge is 0.497 e. The molecule has 6 nitrogen and oxygen atoms in total. The lowest BCUT2D eigenvalue weighted by Gasteiger charge is -2.14. The smallest absolute Gasteiger partial charge is 0.324 e. The van der Waals surface area contributed by atoms with Crippen LogP contribution in [0.1, 0.15) is 26.5 Å². The lowest BCUT2D eigenvalue weighted by atomic mass is 9.92. The van der Waals surface area contributed by atoms with Crippen LogP contribution in [0.2, 0.25) is 0 Å². The Morgan fingerprint density at radius 3 is 2.50 bits per heavy atom. The van der Waals surface area contributed by atoms with Crippen LogP contribution in [0.5, 0.6) is 5.75 Å². The molecule has 0 aliphatic carbocycles. The molecule has 0 radical (unpaired) electrons. The second-order valence-electron chi connectivity index (χ2n) is 7.34. The molecule has 3 aromatic rings. The summed E-state index contributed by atoms with van der Waals surface area (Å²) in [5.74, 6) is 0.633.